The molecule has 3 aromatic rings. The van der Waals surface area contributed by atoms with E-state index in [1.165, 1.54) is 0 Å². The fourth-order valence-corrected chi connectivity index (χ4v) is 7.84. The first-order valence-corrected chi connectivity index (χ1v) is 16.1. The van der Waals surface area contributed by atoms with Gasteiger partial charge >= 0.3 is 6.03 Å². The number of anilines is 1. The first kappa shape index (κ1) is 28.0. The maximum atomic E-state index is 12.7. The number of H-pyrrole nitrogens is 1. The molecule has 6 rings (SSSR count). The van der Waals surface area contributed by atoms with Crippen molar-refractivity contribution < 1.29 is 19.1 Å². The number of ether oxygens (including phenoxy) is 1. The van der Waals surface area contributed by atoms with Crippen LogP contribution in [0.5, 0.6) is 5.75 Å². The van der Waals surface area contributed by atoms with E-state index in [0.29, 0.717) is 37.0 Å². The number of fused-ring (bicyclic) bond motifs is 6. The molecule has 4 heterocycles. The largest absolute Gasteiger partial charge is 0.494 e. The molecule has 0 bridgehead atoms. The molecule has 4 amide bonds. The highest BCUT2D eigenvalue weighted by Crippen LogP contribution is 2.39. The summed E-state index contributed by atoms with van der Waals surface area (Å²) in [4.78, 5) is 39.9. The average Bonchev–Trinajstić information content (AvgIpc) is 3.58. The molecular weight excluding hydrogens is 606 g/mol. The van der Waals surface area contributed by atoms with Gasteiger partial charge in [0.05, 0.1) is 36.5 Å². The number of amides is 4. The van der Waals surface area contributed by atoms with Crippen LogP contribution in [-0.4, -0.2) is 59.1 Å². The molecule has 2 saturated heterocycles. The van der Waals surface area contributed by atoms with Crippen LogP contribution in [0.25, 0.3) is 22.2 Å². The molecule has 216 valence electrons. The summed E-state index contributed by atoms with van der Waals surface area (Å²) in [5.41, 5.74) is 4.64. The second-order valence-electron chi connectivity index (χ2n) is 10.9. The number of nitrogens with one attached hydrogen (secondary N) is 5. The van der Waals surface area contributed by atoms with Crippen LogP contribution in [0.3, 0.4) is 0 Å². The minimum absolute atomic E-state index is 0.0514. The Labute approximate surface area is 251 Å². The predicted octanol–water partition coefficient (Wildman–Crippen LogP) is 5.09. The van der Waals surface area contributed by atoms with E-state index in [1.807, 2.05) is 48.2 Å². The van der Waals surface area contributed by atoms with E-state index in [1.54, 1.807) is 0 Å². The van der Waals surface area contributed by atoms with Crippen LogP contribution in [0.1, 0.15) is 44.1 Å². The fraction of sp³-hybridized carbons (Fsp3) is 0.433. The number of unbranched alkanes of at least 4 members (excludes halogenated alkanes) is 2. The lowest BCUT2D eigenvalue weighted by molar-refractivity contribution is -0.121. The van der Waals surface area contributed by atoms with E-state index in [4.69, 9.17) is 4.74 Å². The third-order valence-corrected chi connectivity index (χ3v) is 9.98. The van der Waals surface area contributed by atoms with E-state index in [0.717, 1.165) is 75.7 Å². The number of rotatable bonds is 11. The zero-order valence-electron chi connectivity index (χ0n) is 22.7. The highest BCUT2D eigenvalue weighted by Gasteiger charge is 2.42. The number of thioether (sulfide) groups is 1. The fourth-order valence-electron chi connectivity index (χ4n) is 5.93. The highest BCUT2D eigenvalue weighted by molar-refractivity contribution is 9.10. The van der Waals surface area contributed by atoms with Crippen molar-refractivity contribution in [2.75, 3.05) is 24.2 Å². The summed E-state index contributed by atoms with van der Waals surface area (Å²) in [6.45, 7) is 1.16. The van der Waals surface area contributed by atoms with Gasteiger partial charge in [-0.2, -0.15) is 11.8 Å². The minimum Gasteiger partial charge on any atom is -0.494 e. The van der Waals surface area contributed by atoms with Gasteiger partial charge in [-0.15, -0.1) is 0 Å². The smallest absolute Gasteiger partial charge is 0.315 e. The Morgan fingerprint density at radius 2 is 1.98 bits per heavy atom. The molecule has 3 atom stereocenters. The zero-order chi connectivity index (χ0) is 28.3. The summed E-state index contributed by atoms with van der Waals surface area (Å²) >= 11 is 5.45. The lowest BCUT2D eigenvalue weighted by atomic mass is 10.0. The maximum absolute atomic E-state index is 12.7. The van der Waals surface area contributed by atoms with Crippen molar-refractivity contribution in [2.45, 2.75) is 62.3 Å². The van der Waals surface area contributed by atoms with E-state index >= 15 is 0 Å². The van der Waals surface area contributed by atoms with E-state index < -0.39 is 0 Å². The molecule has 1 aromatic heterocycles. The average molecular weight is 641 g/mol. The van der Waals surface area contributed by atoms with Crippen molar-refractivity contribution >= 4 is 62.1 Å². The zero-order valence-corrected chi connectivity index (χ0v) is 25.1. The molecule has 2 aromatic carbocycles. The number of hydrogen-bond donors (Lipinski definition) is 5. The molecule has 3 aliphatic rings. The van der Waals surface area contributed by atoms with Gasteiger partial charge in [-0.25, -0.2) is 4.79 Å². The first-order chi connectivity index (χ1) is 19.9. The first-order valence-electron chi connectivity index (χ1n) is 14.3. The van der Waals surface area contributed by atoms with Gasteiger partial charge in [0.25, 0.3) is 0 Å². The van der Waals surface area contributed by atoms with E-state index in [2.05, 4.69) is 42.2 Å². The molecule has 41 heavy (non-hydrogen) atoms. The monoisotopic (exact) mass is 639 g/mol. The Balaban J connectivity index is 0.909. The summed E-state index contributed by atoms with van der Waals surface area (Å²) in [5.74, 6) is 1.70. The van der Waals surface area contributed by atoms with Crippen LogP contribution in [0, 0.1) is 0 Å². The second kappa shape index (κ2) is 12.4. The van der Waals surface area contributed by atoms with Gasteiger partial charge in [0.2, 0.25) is 11.8 Å². The third-order valence-electron chi connectivity index (χ3n) is 7.98. The van der Waals surface area contributed by atoms with Crippen LogP contribution in [0.4, 0.5) is 10.5 Å². The molecule has 0 saturated carbocycles. The Hall–Kier alpha value is -3.18. The molecule has 9 nitrogen and oxygen atoms in total. The predicted molar refractivity (Wildman–Crippen MR) is 165 cm³/mol. The van der Waals surface area contributed by atoms with E-state index in [-0.39, 0.29) is 29.9 Å². The van der Waals surface area contributed by atoms with Gasteiger partial charge < -0.3 is 31.0 Å². The van der Waals surface area contributed by atoms with Gasteiger partial charge in [-0.3, -0.25) is 9.59 Å². The van der Waals surface area contributed by atoms with Crippen LogP contribution in [0.2, 0.25) is 0 Å². The lowest BCUT2D eigenvalue weighted by Gasteiger charge is -2.16. The number of halogens is 1. The van der Waals surface area contributed by atoms with Crippen LogP contribution in [0.15, 0.2) is 40.9 Å². The lowest BCUT2D eigenvalue weighted by Crippen LogP contribution is -2.36. The number of carbonyl (C=O) groups excluding carboxylic acids is 3. The van der Waals surface area contributed by atoms with Crippen molar-refractivity contribution in [3.05, 3.63) is 46.4 Å². The number of aromatic amines is 1. The van der Waals surface area contributed by atoms with Crippen molar-refractivity contribution in [1.82, 2.24) is 20.9 Å². The molecule has 2 fully saturated rings. The summed E-state index contributed by atoms with van der Waals surface area (Å²) in [5, 5.41) is 13.5. The molecule has 0 unspecified atom stereocenters. The standard InChI is InChI=1S/C30H34BrN5O4S/c31-17-7-10-22-20(13-17)21-15-27(38)33-23-14-18(8-9-19(23)28(21)34-22)40-12-4-3-11-32-26(37)6-2-1-5-25-29-24(16-41-25)35-30(39)36-29/h7-10,13-14,24-25,29,34H,1-6,11-12,15-16H2,(H,32,37)(H,33,38)(H2,35,36,39)/t24-,25-,29-/m0/s1. The maximum Gasteiger partial charge on any atom is 0.315 e. The summed E-state index contributed by atoms with van der Waals surface area (Å²) in [6, 6.07) is 12.3. The Kier molecular flexibility index (Phi) is 8.43. The highest BCUT2D eigenvalue weighted by atomic mass is 79.9. The molecule has 0 spiro atoms. The molecule has 3 aliphatic heterocycles. The van der Waals surface area contributed by atoms with Crippen LogP contribution >= 0.6 is 27.7 Å². The second-order valence-corrected chi connectivity index (χ2v) is 13.1. The van der Waals surface area contributed by atoms with Crippen molar-refractivity contribution in [1.29, 1.82) is 0 Å². The summed E-state index contributed by atoms with van der Waals surface area (Å²) < 4.78 is 6.95. The van der Waals surface area contributed by atoms with Crippen LogP contribution in [-0.2, 0) is 16.0 Å². The number of aromatic nitrogens is 1. The van der Waals surface area contributed by atoms with Crippen molar-refractivity contribution in [2.24, 2.45) is 0 Å². The van der Waals surface area contributed by atoms with Crippen molar-refractivity contribution in [3.63, 3.8) is 0 Å². The van der Waals surface area contributed by atoms with Gasteiger partial charge in [0.1, 0.15) is 5.75 Å². The quantitative estimate of drug-likeness (QED) is 0.148. The topological polar surface area (TPSA) is 124 Å². The summed E-state index contributed by atoms with van der Waals surface area (Å²) in [6.07, 6.45) is 5.34. The molecule has 11 heteroatoms. The Morgan fingerprint density at radius 3 is 2.88 bits per heavy atom. The Bertz CT molecular complexity index is 1480. The number of urea groups is 1. The Morgan fingerprint density at radius 1 is 1.07 bits per heavy atom. The molecule has 0 aliphatic carbocycles. The molecule has 0 radical (unpaired) electrons. The minimum atomic E-state index is -0.0556. The van der Waals surface area contributed by atoms with Gasteiger partial charge in [-0.1, -0.05) is 22.4 Å². The van der Waals surface area contributed by atoms with Gasteiger partial charge in [-0.05, 0) is 61.6 Å². The van der Waals surface area contributed by atoms with E-state index in [9.17, 15) is 14.4 Å². The number of benzene rings is 2. The van der Waals surface area contributed by atoms with Crippen molar-refractivity contribution in [3.8, 4) is 17.0 Å². The summed E-state index contributed by atoms with van der Waals surface area (Å²) in [7, 11) is 0. The number of carbonyl (C=O) groups is 3. The molecular formula is C30H34BrN5O4S. The molecule has 5 N–H and O–H groups in total. The third kappa shape index (κ3) is 6.35. The van der Waals surface area contributed by atoms with Gasteiger partial charge in [0, 0.05) is 51.0 Å². The SMILES string of the molecule is O=C(CCCC[C@@H]1SC[C@@H]2NC(=O)N[C@@H]21)NCCCCOc1ccc2c(c1)NC(=O)Cc1c-2[nH]c2ccc(Br)cc12. The number of hydrogen-bond acceptors (Lipinski definition) is 5. The normalized spacial score (nSPS) is 20.9. The van der Waals surface area contributed by atoms with Gasteiger partial charge in [0.15, 0.2) is 0 Å². The van der Waals surface area contributed by atoms with Crippen LogP contribution < -0.4 is 26.0 Å².